The first-order valence-electron chi connectivity index (χ1n) is 19.4. The lowest BCUT2D eigenvalue weighted by Gasteiger charge is -2.23. The summed E-state index contributed by atoms with van der Waals surface area (Å²) < 4.78 is 14.2. The van der Waals surface area contributed by atoms with Crippen LogP contribution in [0.5, 0.6) is 0 Å². The van der Waals surface area contributed by atoms with Crippen LogP contribution >= 0.6 is 0 Å². The molecule has 4 aromatic heterocycles. The lowest BCUT2D eigenvalue weighted by Crippen LogP contribution is -2.15. The minimum atomic E-state index is -0.156. The first-order valence-corrected chi connectivity index (χ1v) is 19.4. The molecule has 0 saturated carbocycles. The second-order valence-corrected chi connectivity index (χ2v) is 19.9. The van der Waals surface area contributed by atoms with Gasteiger partial charge in [0.2, 0.25) is 0 Å². The molecule has 0 amide bonds. The van der Waals surface area contributed by atoms with Gasteiger partial charge < -0.3 is 8.83 Å². The number of rotatable bonds is 0. The van der Waals surface area contributed by atoms with Crippen molar-refractivity contribution in [2.75, 3.05) is 0 Å². The van der Waals surface area contributed by atoms with Crippen molar-refractivity contribution in [1.29, 1.82) is 0 Å². The van der Waals surface area contributed by atoms with Crippen LogP contribution in [0.25, 0.3) is 98.0 Å². The van der Waals surface area contributed by atoms with Crippen LogP contribution in [0.3, 0.4) is 0 Å². The van der Waals surface area contributed by atoms with E-state index in [1.807, 2.05) is 0 Å². The molecule has 4 heterocycles. The van der Waals surface area contributed by atoms with Gasteiger partial charge in [-0.2, -0.15) is 0 Å². The summed E-state index contributed by atoms with van der Waals surface area (Å²) in [5.74, 6) is 0. The van der Waals surface area contributed by atoms with Crippen LogP contribution in [0.2, 0.25) is 0 Å². The third-order valence-electron chi connectivity index (χ3n) is 11.7. The fourth-order valence-corrected chi connectivity index (χ4v) is 9.17. The molecule has 4 nitrogen and oxygen atoms in total. The Hall–Kier alpha value is -5.22. The Morgan fingerprint density at radius 2 is 0.704 bits per heavy atom. The zero-order valence-corrected chi connectivity index (χ0v) is 33.6. The van der Waals surface area contributed by atoms with Gasteiger partial charge in [0.1, 0.15) is 22.3 Å². The van der Waals surface area contributed by atoms with Crippen molar-refractivity contribution in [3.8, 4) is 0 Å². The third kappa shape index (κ3) is 4.55. The molecule has 54 heavy (non-hydrogen) atoms. The van der Waals surface area contributed by atoms with Crippen LogP contribution in [0.15, 0.2) is 81.6 Å². The van der Waals surface area contributed by atoms with Gasteiger partial charge in [0.05, 0.1) is 11.0 Å². The molecule has 0 saturated heterocycles. The van der Waals surface area contributed by atoms with E-state index in [1.165, 1.54) is 32.7 Å². The molecule has 0 aliphatic carbocycles. The van der Waals surface area contributed by atoms with E-state index in [1.54, 1.807) is 0 Å². The Kier molecular flexibility index (Phi) is 6.36. The minimum absolute atomic E-state index is 0.0485. The van der Waals surface area contributed by atoms with Gasteiger partial charge >= 0.3 is 0 Å². The van der Waals surface area contributed by atoms with Crippen molar-refractivity contribution >= 4 is 98.0 Å². The molecule has 0 N–H and O–H groups in total. The van der Waals surface area contributed by atoms with Crippen LogP contribution in [-0.4, -0.2) is 9.97 Å². The molecular formula is C50H48N2O2. The molecule has 0 radical (unpaired) electrons. The van der Waals surface area contributed by atoms with Crippen molar-refractivity contribution < 1.29 is 8.83 Å². The van der Waals surface area contributed by atoms with Crippen LogP contribution < -0.4 is 0 Å². The average Bonchev–Trinajstić information content (AvgIpc) is 3.63. The molecule has 0 atom stereocenters. The number of aromatic nitrogens is 2. The lowest BCUT2D eigenvalue weighted by atomic mass is 9.82. The van der Waals surface area contributed by atoms with Gasteiger partial charge in [0.25, 0.3) is 0 Å². The minimum Gasteiger partial charge on any atom is -0.455 e. The number of hydrogen-bond donors (Lipinski definition) is 0. The molecule has 10 rings (SSSR count). The second-order valence-electron chi connectivity index (χ2n) is 19.9. The number of hydrogen-bond acceptors (Lipinski definition) is 4. The van der Waals surface area contributed by atoms with Crippen LogP contribution in [-0.2, 0) is 21.7 Å². The van der Waals surface area contributed by atoms with E-state index in [-0.39, 0.29) is 21.7 Å². The maximum absolute atomic E-state index is 7.08. The van der Waals surface area contributed by atoms with E-state index in [0.29, 0.717) is 0 Å². The predicted octanol–water partition coefficient (Wildman–Crippen LogP) is 14.7. The van der Waals surface area contributed by atoms with Gasteiger partial charge in [0.15, 0.2) is 0 Å². The Balaban J connectivity index is 1.31. The molecule has 0 spiro atoms. The van der Waals surface area contributed by atoms with Crippen molar-refractivity contribution in [1.82, 2.24) is 9.97 Å². The summed E-state index contributed by atoms with van der Waals surface area (Å²) in [7, 11) is 0. The maximum Gasteiger partial charge on any atom is 0.143 e. The molecule has 0 aliphatic rings. The summed E-state index contributed by atoms with van der Waals surface area (Å²) >= 11 is 0. The Morgan fingerprint density at radius 3 is 1.06 bits per heavy atom. The van der Waals surface area contributed by atoms with Gasteiger partial charge in [-0.15, -0.1) is 0 Å². The second kappa shape index (κ2) is 10.3. The molecule has 0 bridgehead atoms. The highest BCUT2D eigenvalue weighted by molar-refractivity contribution is 6.35. The molecule has 0 unspecified atom stereocenters. The number of fused-ring (bicyclic) bond motifs is 10. The van der Waals surface area contributed by atoms with Crippen molar-refractivity contribution in [2.45, 2.75) is 105 Å². The van der Waals surface area contributed by atoms with Gasteiger partial charge in [0, 0.05) is 87.2 Å². The molecular weight excluding hydrogens is 661 g/mol. The zero-order valence-electron chi connectivity index (χ0n) is 33.6. The summed E-state index contributed by atoms with van der Waals surface area (Å²) in [5.41, 5.74) is 9.99. The Morgan fingerprint density at radius 1 is 0.352 bits per heavy atom. The van der Waals surface area contributed by atoms with Gasteiger partial charge in [-0.3, -0.25) is 9.97 Å². The van der Waals surface area contributed by atoms with Crippen molar-refractivity contribution in [3.63, 3.8) is 0 Å². The largest absolute Gasteiger partial charge is 0.455 e. The highest BCUT2D eigenvalue weighted by atomic mass is 16.3. The van der Waals surface area contributed by atoms with Crippen molar-refractivity contribution in [3.05, 3.63) is 95.3 Å². The summed E-state index contributed by atoms with van der Waals surface area (Å²) in [4.78, 5) is 10.5. The summed E-state index contributed by atoms with van der Waals surface area (Å²) in [5, 5.41) is 13.9. The SMILES string of the molecule is CC(C)(C)c1ccc2c(C(C)(C)C)c3oc4c(cc5ccc6c7oc8c(C(C)(C)C)c9ccc(C(C)(C)C)nc9cc8c7cc7ccc4c5c76)c3cc2n1. The zero-order chi connectivity index (χ0) is 38.0. The van der Waals surface area contributed by atoms with E-state index >= 15 is 0 Å². The van der Waals surface area contributed by atoms with E-state index in [2.05, 4.69) is 156 Å². The van der Waals surface area contributed by atoms with Crippen LogP contribution in [0.4, 0.5) is 0 Å². The highest BCUT2D eigenvalue weighted by Crippen LogP contribution is 2.49. The van der Waals surface area contributed by atoms with Gasteiger partial charge in [-0.05, 0) is 70.1 Å². The fourth-order valence-electron chi connectivity index (χ4n) is 9.17. The monoisotopic (exact) mass is 708 g/mol. The molecule has 10 aromatic rings. The number of pyridine rings is 2. The summed E-state index contributed by atoms with van der Waals surface area (Å²) in [6.45, 7) is 27.0. The number of nitrogens with zero attached hydrogens (tertiary/aromatic N) is 2. The first kappa shape index (κ1) is 33.4. The molecule has 6 aromatic carbocycles. The summed E-state index contributed by atoms with van der Waals surface area (Å²) in [6.07, 6.45) is 0. The average molecular weight is 709 g/mol. The van der Waals surface area contributed by atoms with Crippen molar-refractivity contribution in [2.24, 2.45) is 0 Å². The molecule has 0 fully saturated rings. The Bertz CT molecular complexity index is 3020. The molecule has 270 valence electrons. The van der Waals surface area contributed by atoms with E-state index in [9.17, 15) is 0 Å². The van der Waals surface area contributed by atoms with E-state index < -0.39 is 0 Å². The third-order valence-corrected chi connectivity index (χ3v) is 11.7. The smallest absolute Gasteiger partial charge is 0.143 e. The van der Waals surface area contributed by atoms with Gasteiger partial charge in [-0.1, -0.05) is 107 Å². The standard InChI is InChI=1S/C50H48N2O2/c1-47(2,3)37-19-17-27-35(51-37)23-33-31-21-25-13-16-30-40-26(14-15-29(39(25)40)43(31)53-45(33)41(27)49(7,8)9)22-32-34-24-36-28(18-20-38(52-36)48(4,5)6)42(50(10,11)12)46(34)54-44(30)32/h13-24H,1-12H3. The number of furan rings is 2. The maximum atomic E-state index is 7.08. The topological polar surface area (TPSA) is 52.1 Å². The predicted molar refractivity (Wildman–Crippen MR) is 230 cm³/mol. The quantitative estimate of drug-likeness (QED) is 0.147. The van der Waals surface area contributed by atoms with Crippen LogP contribution in [0.1, 0.15) is 106 Å². The summed E-state index contributed by atoms with van der Waals surface area (Å²) in [6, 6.07) is 27.1. The normalized spacial score (nSPS) is 13.9. The van der Waals surface area contributed by atoms with Gasteiger partial charge in [-0.25, -0.2) is 0 Å². The Labute approximate surface area is 315 Å². The van der Waals surface area contributed by atoms with E-state index in [0.717, 1.165) is 87.8 Å². The van der Waals surface area contributed by atoms with Crippen LogP contribution in [0, 0.1) is 0 Å². The lowest BCUT2D eigenvalue weighted by molar-refractivity contribution is 0.569. The molecule has 0 aliphatic heterocycles. The highest BCUT2D eigenvalue weighted by Gasteiger charge is 2.29. The molecule has 4 heteroatoms. The van der Waals surface area contributed by atoms with E-state index in [4.69, 9.17) is 18.8 Å². The number of benzene rings is 6. The first-order chi connectivity index (χ1) is 25.3. The fraction of sp³-hybridized carbons (Fsp3) is 0.320.